The highest BCUT2D eigenvalue weighted by atomic mass is 32.3. The van der Waals surface area contributed by atoms with Crippen molar-refractivity contribution in [2.45, 2.75) is 38.8 Å². The lowest BCUT2D eigenvalue weighted by atomic mass is 9.73. The molecule has 3 aliphatic rings. The van der Waals surface area contributed by atoms with Crippen molar-refractivity contribution < 1.29 is 4.21 Å². The maximum atomic E-state index is 16.9. The molecule has 9 rings (SSSR count). The molecule has 0 N–H and O–H groups in total. The van der Waals surface area contributed by atoms with Gasteiger partial charge in [0.25, 0.3) is 0 Å². The molecule has 0 amide bonds. The van der Waals surface area contributed by atoms with Gasteiger partial charge in [0.2, 0.25) is 0 Å². The molecule has 2 nitrogen and oxygen atoms in total. The SMILES string of the molecule is CC1(C)c2ccccc2N(c2ccc3c(c2)S2(=O)(c4ccccc4-c4ccccc42)c2ccccc2-3)c2ccccc21. The molecular weight excluding hydrogens is 531 g/mol. The van der Waals surface area contributed by atoms with Gasteiger partial charge in [0.05, 0.1) is 11.4 Å². The van der Waals surface area contributed by atoms with Gasteiger partial charge in [0.15, 0.2) is 0 Å². The van der Waals surface area contributed by atoms with Crippen molar-refractivity contribution in [1.29, 1.82) is 0 Å². The molecule has 202 valence electrons. The van der Waals surface area contributed by atoms with Gasteiger partial charge in [-0.3, -0.25) is 4.21 Å². The average molecular weight is 560 g/mol. The van der Waals surface area contributed by atoms with E-state index in [1.165, 1.54) is 11.1 Å². The van der Waals surface area contributed by atoms with Crippen LogP contribution in [0.15, 0.2) is 159 Å². The molecule has 0 radical (unpaired) electrons. The standard InChI is InChI=1S/C39H29NOS/c1-39(2)31-16-6-8-18-33(31)40(34-19-9-7-17-32(34)39)26-23-24-30-29-15-5-12-22-37(29)42(41,38(30)25-26)35-20-10-3-13-27(35)28-14-4-11-21-36(28)42/h3-25H,1-2H3. The summed E-state index contributed by atoms with van der Waals surface area (Å²) >= 11 is 0. The monoisotopic (exact) mass is 559 g/mol. The first kappa shape index (κ1) is 23.9. The second-order valence-corrected chi connectivity index (χ2v) is 15.8. The first-order chi connectivity index (χ1) is 20.4. The van der Waals surface area contributed by atoms with Crippen LogP contribution in [0.3, 0.4) is 0 Å². The highest BCUT2D eigenvalue weighted by Crippen LogP contribution is 2.71. The fourth-order valence-electron chi connectivity index (χ4n) is 7.94. The van der Waals surface area contributed by atoms with E-state index in [4.69, 9.17) is 0 Å². The molecule has 3 heterocycles. The molecule has 0 saturated heterocycles. The number of hydrogen-bond acceptors (Lipinski definition) is 2. The third kappa shape index (κ3) is 2.56. The Hall–Kier alpha value is -4.73. The number of rotatable bonds is 1. The van der Waals surface area contributed by atoms with Crippen LogP contribution in [0.4, 0.5) is 17.1 Å². The zero-order valence-electron chi connectivity index (χ0n) is 23.5. The molecule has 42 heavy (non-hydrogen) atoms. The molecule has 0 fully saturated rings. The number of fused-ring (bicyclic) bond motifs is 12. The summed E-state index contributed by atoms with van der Waals surface area (Å²) in [6, 6.07) is 49.0. The van der Waals surface area contributed by atoms with Gasteiger partial charge in [-0.05, 0) is 75.8 Å². The van der Waals surface area contributed by atoms with Crippen molar-refractivity contribution in [3.05, 3.63) is 151 Å². The highest BCUT2D eigenvalue weighted by Gasteiger charge is 2.57. The van der Waals surface area contributed by atoms with E-state index in [1.54, 1.807) is 0 Å². The molecule has 3 aliphatic heterocycles. The highest BCUT2D eigenvalue weighted by molar-refractivity contribution is 8.21. The van der Waals surface area contributed by atoms with Crippen LogP contribution in [0.2, 0.25) is 0 Å². The van der Waals surface area contributed by atoms with E-state index < -0.39 is 9.07 Å². The van der Waals surface area contributed by atoms with Crippen LogP contribution < -0.4 is 4.90 Å². The quantitative estimate of drug-likeness (QED) is 0.199. The van der Waals surface area contributed by atoms with Crippen LogP contribution in [0.1, 0.15) is 25.0 Å². The van der Waals surface area contributed by atoms with E-state index in [0.717, 1.165) is 58.9 Å². The average Bonchev–Trinajstić information content (AvgIpc) is 3.42. The lowest BCUT2D eigenvalue weighted by Gasteiger charge is -2.43. The lowest BCUT2D eigenvalue weighted by Crippen LogP contribution is -2.31. The van der Waals surface area contributed by atoms with Crippen LogP contribution in [0.5, 0.6) is 0 Å². The van der Waals surface area contributed by atoms with Crippen molar-refractivity contribution >= 4 is 26.1 Å². The van der Waals surface area contributed by atoms with Crippen LogP contribution in [0.25, 0.3) is 22.3 Å². The van der Waals surface area contributed by atoms with E-state index in [9.17, 15) is 0 Å². The van der Waals surface area contributed by atoms with E-state index >= 15 is 4.21 Å². The Morgan fingerprint density at radius 2 is 0.881 bits per heavy atom. The summed E-state index contributed by atoms with van der Waals surface area (Å²) in [6.07, 6.45) is 0. The smallest absolute Gasteiger partial charge is 0.0502 e. The minimum absolute atomic E-state index is 0.145. The molecule has 0 bridgehead atoms. The van der Waals surface area contributed by atoms with E-state index in [2.05, 4.69) is 140 Å². The van der Waals surface area contributed by atoms with Gasteiger partial charge in [-0.2, -0.15) is 0 Å². The second kappa shape index (κ2) is 7.76. The molecule has 0 aliphatic carbocycles. The maximum Gasteiger partial charge on any atom is 0.0502 e. The van der Waals surface area contributed by atoms with Gasteiger partial charge in [-0.15, -0.1) is 0 Å². The Balaban J connectivity index is 1.41. The third-order valence-electron chi connectivity index (χ3n) is 9.78. The minimum atomic E-state index is -3.90. The second-order valence-electron chi connectivity index (χ2n) is 12.1. The summed E-state index contributed by atoms with van der Waals surface area (Å²) in [6.45, 7) is 4.61. The zero-order chi connectivity index (χ0) is 28.3. The molecule has 0 aromatic heterocycles. The van der Waals surface area contributed by atoms with E-state index in [-0.39, 0.29) is 5.41 Å². The normalized spacial score (nSPS) is 18.0. The predicted octanol–water partition coefficient (Wildman–Crippen LogP) is 10.1. The van der Waals surface area contributed by atoms with Crippen LogP contribution in [-0.4, -0.2) is 4.21 Å². The Bertz CT molecular complexity index is 2080. The molecular formula is C39H29NOS. The van der Waals surface area contributed by atoms with Crippen LogP contribution in [-0.2, 0) is 14.5 Å². The van der Waals surface area contributed by atoms with Crippen molar-refractivity contribution in [2.24, 2.45) is 0 Å². The summed E-state index contributed by atoms with van der Waals surface area (Å²) in [5.74, 6) is 0. The summed E-state index contributed by atoms with van der Waals surface area (Å²) in [7, 11) is -3.90. The molecule has 3 heteroatoms. The fraction of sp³-hybridized carbons (Fsp3) is 0.0769. The largest absolute Gasteiger partial charge is 0.310 e. The van der Waals surface area contributed by atoms with Gasteiger partial charge in [0, 0.05) is 39.8 Å². The van der Waals surface area contributed by atoms with E-state index in [1.807, 2.05) is 18.2 Å². The van der Waals surface area contributed by atoms with Crippen LogP contribution >= 0.6 is 0 Å². The number of nitrogens with zero attached hydrogens (tertiary/aromatic N) is 1. The molecule has 0 atom stereocenters. The summed E-state index contributed by atoms with van der Waals surface area (Å²) < 4.78 is 16.9. The van der Waals surface area contributed by atoms with Gasteiger partial charge >= 0.3 is 0 Å². The van der Waals surface area contributed by atoms with Gasteiger partial charge in [0.1, 0.15) is 0 Å². The van der Waals surface area contributed by atoms with Crippen LogP contribution in [0, 0.1) is 0 Å². The van der Waals surface area contributed by atoms with Crippen molar-refractivity contribution in [3.8, 4) is 22.3 Å². The van der Waals surface area contributed by atoms with Crippen molar-refractivity contribution in [1.82, 2.24) is 0 Å². The Kier molecular flexibility index (Phi) is 4.42. The topological polar surface area (TPSA) is 20.3 Å². The molecule has 6 aromatic rings. The minimum Gasteiger partial charge on any atom is -0.310 e. The number of hydrogen-bond donors (Lipinski definition) is 0. The zero-order valence-corrected chi connectivity index (χ0v) is 24.4. The van der Waals surface area contributed by atoms with Crippen molar-refractivity contribution in [2.75, 3.05) is 4.90 Å². The first-order valence-electron chi connectivity index (χ1n) is 14.5. The van der Waals surface area contributed by atoms with E-state index in [0.29, 0.717) is 0 Å². The molecule has 1 spiro atoms. The predicted molar refractivity (Wildman–Crippen MR) is 172 cm³/mol. The first-order valence-corrected chi connectivity index (χ1v) is 16.5. The van der Waals surface area contributed by atoms with Gasteiger partial charge < -0.3 is 4.90 Å². The molecule has 0 saturated carbocycles. The third-order valence-corrected chi connectivity index (χ3v) is 14.5. The fourth-order valence-corrected chi connectivity index (χ4v) is 13.1. The number of para-hydroxylation sites is 2. The van der Waals surface area contributed by atoms with Gasteiger partial charge in [-0.1, -0.05) is 111 Å². The summed E-state index contributed by atoms with van der Waals surface area (Å²) in [5.41, 5.74) is 10.0. The Morgan fingerprint density at radius 1 is 0.476 bits per heavy atom. The lowest BCUT2D eigenvalue weighted by molar-refractivity contribution is 0.632. The Morgan fingerprint density at radius 3 is 1.38 bits per heavy atom. The maximum absolute atomic E-state index is 16.9. The molecule has 0 unspecified atom stereocenters. The van der Waals surface area contributed by atoms with Crippen molar-refractivity contribution in [3.63, 3.8) is 0 Å². The summed E-state index contributed by atoms with van der Waals surface area (Å²) in [4.78, 5) is 6.02. The number of benzene rings is 6. The van der Waals surface area contributed by atoms with Gasteiger partial charge in [-0.25, -0.2) is 0 Å². The molecule has 6 aromatic carbocycles. The number of anilines is 3. The summed E-state index contributed by atoms with van der Waals surface area (Å²) in [5, 5.41) is 0. The Labute approximate surface area is 246 Å².